The molecule has 1 aromatic heterocycles. The smallest absolute Gasteiger partial charge is 0.400 e. The Morgan fingerprint density at radius 2 is 1.35 bits per heavy atom. The van der Waals surface area contributed by atoms with Crippen LogP contribution in [0.4, 0.5) is 0 Å². The van der Waals surface area contributed by atoms with Crippen molar-refractivity contribution < 1.29 is 13.9 Å². The molecule has 4 nitrogen and oxygen atoms in total. The van der Waals surface area contributed by atoms with Crippen molar-refractivity contribution in [2.45, 2.75) is 0 Å². The molecule has 0 fully saturated rings. The molecule has 0 aliphatic rings. The van der Waals surface area contributed by atoms with Crippen LogP contribution in [0.2, 0.25) is 0 Å². The number of ether oxygens (including phenoxy) is 1. The van der Waals surface area contributed by atoms with E-state index in [0.29, 0.717) is 17.1 Å². The van der Waals surface area contributed by atoms with Crippen LogP contribution in [0.25, 0.3) is 11.3 Å². The minimum absolute atomic E-state index is 0.0364. The lowest BCUT2D eigenvalue weighted by Crippen LogP contribution is -2.03. The first-order chi connectivity index (χ1) is 12.8. The number of benzene rings is 3. The van der Waals surface area contributed by atoms with E-state index in [1.54, 1.807) is 24.3 Å². The molecule has 0 aliphatic carbocycles. The van der Waals surface area contributed by atoms with Crippen LogP contribution in [0.3, 0.4) is 0 Å². The first kappa shape index (κ1) is 15.8. The largest absolute Gasteiger partial charge is 0.411 e. The molecule has 0 radical (unpaired) electrons. The number of rotatable bonds is 5. The summed E-state index contributed by atoms with van der Waals surface area (Å²) in [5, 5.41) is 0. The van der Waals surface area contributed by atoms with Crippen LogP contribution in [-0.2, 0) is 0 Å². The van der Waals surface area contributed by atoms with Crippen LogP contribution < -0.4 is 4.74 Å². The summed E-state index contributed by atoms with van der Waals surface area (Å²) in [7, 11) is 0. The quantitative estimate of drug-likeness (QED) is 0.458. The standard InChI is InChI=1S/C22H15NO3/c24-20(16-10-4-1-5-11-16)19-21(17-12-6-2-7-13-17)26-22(23-19)25-18-14-8-3-9-15-18/h1-15H. The van der Waals surface area contributed by atoms with E-state index < -0.39 is 0 Å². The van der Waals surface area contributed by atoms with Crippen molar-refractivity contribution in [3.8, 4) is 23.1 Å². The molecule has 3 aromatic carbocycles. The predicted molar refractivity (Wildman–Crippen MR) is 98.3 cm³/mol. The molecular formula is C22H15NO3. The van der Waals surface area contributed by atoms with Crippen LogP contribution in [-0.4, -0.2) is 10.8 Å². The van der Waals surface area contributed by atoms with Gasteiger partial charge in [0, 0.05) is 11.1 Å². The highest BCUT2D eigenvalue weighted by atomic mass is 16.6. The van der Waals surface area contributed by atoms with Gasteiger partial charge in [-0.15, -0.1) is 0 Å². The van der Waals surface area contributed by atoms with Gasteiger partial charge in [-0.3, -0.25) is 4.79 Å². The maximum Gasteiger partial charge on any atom is 0.400 e. The van der Waals surface area contributed by atoms with E-state index in [1.807, 2.05) is 66.7 Å². The van der Waals surface area contributed by atoms with E-state index in [0.717, 1.165) is 5.56 Å². The molecule has 0 unspecified atom stereocenters. The van der Waals surface area contributed by atoms with Crippen LogP contribution >= 0.6 is 0 Å². The molecule has 4 aromatic rings. The molecule has 1 heterocycles. The second-order valence-electron chi connectivity index (χ2n) is 5.63. The molecule has 0 N–H and O–H groups in total. The van der Waals surface area contributed by atoms with Gasteiger partial charge in [-0.2, -0.15) is 4.98 Å². The first-order valence-electron chi connectivity index (χ1n) is 8.20. The van der Waals surface area contributed by atoms with E-state index in [2.05, 4.69) is 4.98 Å². The van der Waals surface area contributed by atoms with Gasteiger partial charge in [0.1, 0.15) is 5.75 Å². The Hall–Kier alpha value is -3.66. The van der Waals surface area contributed by atoms with Crippen LogP contribution in [0.5, 0.6) is 11.8 Å². The Morgan fingerprint density at radius 1 is 0.769 bits per heavy atom. The number of hydrogen-bond donors (Lipinski definition) is 0. The Balaban J connectivity index is 1.77. The van der Waals surface area contributed by atoms with Crippen molar-refractivity contribution in [3.05, 3.63) is 102 Å². The Labute approximate surface area is 150 Å². The second-order valence-corrected chi connectivity index (χ2v) is 5.63. The van der Waals surface area contributed by atoms with Gasteiger partial charge in [0.2, 0.25) is 5.78 Å². The van der Waals surface area contributed by atoms with Crippen molar-refractivity contribution in [3.63, 3.8) is 0 Å². The van der Waals surface area contributed by atoms with Crippen LogP contribution in [0.1, 0.15) is 16.1 Å². The highest BCUT2D eigenvalue weighted by molar-refractivity contribution is 6.10. The van der Waals surface area contributed by atoms with Gasteiger partial charge in [0.25, 0.3) is 0 Å². The van der Waals surface area contributed by atoms with Crippen LogP contribution in [0, 0.1) is 0 Å². The Bertz CT molecular complexity index is 1010. The second kappa shape index (κ2) is 7.07. The summed E-state index contributed by atoms with van der Waals surface area (Å²) >= 11 is 0. The summed E-state index contributed by atoms with van der Waals surface area (Å²) in [6.45, 7) is 0. The monoisotopic (exact) mass is 341 g/mol. The number of para-hydroxylation sites is 1. The lowest BCUT2D eigenvalue weighted by atomic mass is 10.0. The minimum Gasteiger partial charge on any atom is -0.411 e. The maximum atomic E-state index is 12.9. The highest BCUT2D eigenvalue weighted by Crippen LogP contribution is 2.31. The fourth-order valence-corrected chi connectivity index (χ4v) is 2.60. The summed E-state index contributed by atoms with van der Waals surface area (Å²) in [6.07, 6.45) is 0.0364. The molecule has 0 atom stereocenters. The fourth-order valence-electron chi connectivity index (χ4n) is 2.60. The predicted octanol–water partition coefficient (Wildman–Crippen LogP) is 5.36. The molecule has 0 saturated carbocycles. The normalized spacial score (nSPS) is 10.5. The van der Waals surface area contributed by atoms with E-state index >= 15 is 0 Å². The van der Waals surface area contributed by atoms with Gasteiger partial charge in [-0.05, 0) is 12.1 Å². The maximum absolute atomic E-state index is 12.9. The van der Waals surface area contributed by atoms with Gasteiger partial charge in [-0.25, -0.2) is 0 Å². The van der Waals surface area contributed by atoms with Gasteiger partial charge < -0.3 is 9.15 Å². The Morgan fingerprint density at radius 3 is 2.00 bits per heavy atom. The molecule has 0 saturated heterocycles. The molecule has 0 amide bonds. The summed E-state index contributed by atoms with van der Waals surface area (Å²) < 4.78 is 11.5. The van der Waals surface area contributed by atoms with Crippen molar-refractivity contribution in [1.29, 1.82) is 0 Å². The zero-order chi connectivity index (χ0) is 17.8. The molecule has 126 valence electrons. The van der Waals surface area contributed by atoms with Gasteiger partial charge >= 0.3 is 6.08 Å². The van der Waals surface area contributed by atoms with Crippen molar-refractivity contribution in [2.75, 3.05) is 0 Å². The molecule has 4 heteroatoms. The third-order valence-electron chi connectivity index (χ3n) is 3.84. The molecule has 4 rings (SSSR count). The highest BCUT2D eigenvalue weighted by Gasteiger charge is 2.23. The van der Waals surface area contributed by atoms with Crippen molar-refractivity contribution in [2.24, 2.45) is 0 Å². The van der Waals surface area contributed by atoms with Crippen LogP contribution in [0.15, 0.2) is 95.4 Å². The van der Waals surface area contributed by atoms with E-state index in [4.69, 9.17) is 9.15 Å². The van der Waals surface area contributed by atoms with Crippen molar-refractivity contribution >= 4 is 5.78 Å². The summed E-state index contributed by atoms with van der Waals surface area (Å²) in [5.41, 5.74) is 1.54. The summed E-state index contributed by atoms with van der Waals surface area (Å²) in [4.78, 5) is 17.2. The molecule has 0 bridgehead atoms. The fraction of sp³-hybridized carbons (Fsp3) is 0. The minimum atomic E-state index is -0.212. The average Bonchev–Trinajstić information content (AvgIpc) is 3.13. The van der Waals surface area contributed by atoms with Gasteiger partial charge in [-0.1, -0.05) is 78.9 Å². The lowest BCUT2D eigenvalue weighted by Gasteiger charge is -2.00. The third-order valence-corrected chi connectivity index (χ3v) is 3.84. The van der Waals surface area contributed by atoms with E-state index in [9.17, 15) is 4.79 Å². The zero-order valence-corrected chi connectivity index (χ0v) is 13.8. The number of carbonyl (C=O) groups excluding carboxylic acids is 1. The molecule has 26 heavy (non-hydrogen) atoms. The first-order valence-corrected chi connectivity index (χ1v) is 8.20. The Kier molecular flexibility index (Phi) is 4.31. The van der Waals surface area contributed by atoms with E-state index in [1.165, 1.54) is 0 Å². The molecular weight excluding hydrogens is 326 g/mol. The van der Waals surface area contributed by atoms with Gasteiger partial charge in [0.15, 0.2) is 11.5 Å². The zero-order valence-electron chi connectivity index (χ0n) is 13.8. The molecule has 0 aliphatic heterocycles. The molecule has 0 spiro atoms. The van der Waals surface area contributed by atoms with Gasteiger partial charge in [0.05, 0.1) is 0 Å². The number of aromatic nitrogens is 1. The lowest BCUT2D eigenvalue weighted by molar-refractivity contribution is 0.103. The number of hydrogen-bond acceptors (Lipinski definition) is 4. The SMILES string of the molecule is O=C(c1ccccc1)c1nc(Oc2ccccc2)oc1-c1ccccc1. The van der Waals surface area contributed by atoms with E-state index in [-0.39, 0.29) is 17.6 Å². The summed E-state index contributed by atoms with van der Waals surface area (Å²) in [5.74, 6) is 0.772. The number of oxazole rings is 1. The number of carbonyl (C=O) groups is 1. The number of nitrogens with zero attached hydrogens (tertiary/aromatic N) is 1. The van der Waals surface area contributed by atoms with Crippen molar-refractivity contribution in [1.82, 2.24) is 4.98 Å². The number of ketones is 1. The average molecular weight is 341 g/mol. The topological polar surface area (TPSA) is 52.3 Å². The third kappa shape index (κ3) is 3.26. The summed E-state index contributed by atoms with van der Waals surface area (Å²) in [6, 6.07) is 27.6.